The van der Waals surface area contributed by atoms with Crippen LogP contribution in [0.15, 0.2) is 42.0 Å². The summed E-state index contributed by atoms with van der Waals surface area (Å²) in [5.74, 6) is 1.28. The van der Waals surface area contributed by atoms with E-state index in [2.05, 4.69) is 41.1 Å². The van der Waals surface area contributed by atoms with Gasteiger partial charge in [0.15, 0.2) is 6.29 Å². The third-order valence-corrected chi connectivity index (χ3v) is 9.32. The molecule has 1 fully saturated rings. The molecular weight excluding hydrogens is 550 g/mol. The summed E-state index contributed by atoms with van der Waals surface area (Å²) >= 11 is 0. The average molecular weight is 602 g/mol. The Balaban J connectivity index is 1.72. The van der Waals surface area contributed by atoms with E-state index in [0.29, 0.717) is 19.0 Å². The molecular formula is C37H51N3O4. The zero-order valence-electron chi connectivity index (χ0n) is 27.8. The van der Waals surface area contributed by atoms with E-state index in [0.717, 1.165) is 71.3 Å². The van der Waals surface area contributed by atoms with Gasteiger partial charge in [-0.15, -0.1) is 0 Å². The molecule has 1 atom stereocenters. The highest BCUT2D eigenvalue weighted by molar-refractivity contribution is 6.05. The van der Waals surface area contributed by atoms with Crippen LogP contribution in [-0.2, 0) is 16.1 Å². The van der Waals surface area contributed by atoms with E-state index in [9.17, 15) is 9.90 Å². The first-order chi connectivity index (χ1) is 21.0. The van der Waals surface area contributed by atoms with Gasteiger partial charge in [0.2, 0.25) is 0 Å². The number of rotatable bonds is 10. The number of ether oxygens (including phenoxy) is 2. The van der Waals surface area contributed by atoms with E-state index in [1.807, 2.05) is 51.9 Å². The summed E-state index contributed by atoms with van der Waals surface area (Å²) in [4.78, 5) is 16.1. The lowest BCUT2D eigenvalue weighted by Gasteiger charge is -2.24. The largest absolute Gasteiger partial charge is 0.497 e. The fraction of sp³-hybridized carbons (Fsp3) is 0.541. The number of fused-ring (bicyclic) bond motifs is 5. The van der Waals surface area contributed by atoms with Gasteiger partial charge in [-0.25, -0.2) is 0 Å². The lowest BCUT2D eigenvalue weighted by Crippen LogP contribution is -2.31. The molecule has 7 nitrogen and oxygen atoms in total. The van der Waals surface area contributed by atoms with Gasteiger partial charge in [0.25, 0.3) is 5.91 Å². The lowest BCUT2D eigenvalue weighted by atomic mass is 9.81. The molecule has 1 unspecified atom stereocenters. The van der Waals surface area contributed by atoms with Crippen molar-refractivity contribution in [1.29, 1.82) is 0 Å². The zero-order valence-corrected chi connectivity index (χ0v) is 27.8. The summed E-state index contributed by atoms with van der Waals surface area (Å²) in [5, 5.41) is 15.5. The number of benzene rings is 2. The molecule has 1 amide bonds. The molecule has 2 aliphatic rings. The number of hydrogen-bond donors (Lipinski definition) is 2. The predicted octanol–water partition coefficient (Wildman–Crippen LogP) is 7.42. The summed E-state index contributed by atoms with van der Waals surface area (Å²) in [6.45, 7) is 10.0. The van der Waals surface area contributed by atoms with E-state index >= 15 is 0 Å². The highest BCUT2D eigenvalue weighted by atomic mass is 16.6. The Kier molecular flexibility index (Phi) is 9.88. The van der Waals surface area contributed by atoms with Crippen molar-refractivity contribution in [3.63, 3.8) is 0 Å². The van der Waals surface area contributed by atoms with Crippen molar-refractivity contribution in [3.8, 4) is 17.0 Å². The van der Waals surface area contributed by atoms with Gasteiger partial charge >= 0.3 is 0 Å². The van der Waals surface area contributed by atoms with E-state index < -0.39 is 11.9 Å². The second kappa shape index (κ2) is 13.5. The molecule has 2 N–H and O–H groups in total. The highest BCUT2D eigenvalue weighted by Crippen LogP contribution is 2.48. The monoisotopic (exact) mass is 601 g/mol. The van der Waals surface area contributed by atoms with Crippen molar-refractivity contribution in [2.45, 2.75) is 97.0 Å². The number of aromatic nitrogens is 1. The quantitative estimate of drug-likeness (QED) is 0.187. The van der Waals surface area contributed by atoms with Gasteiger partial charge in [-0.2, -0.15) is 0 Å². The molecule has 7 heteroatoms. The normalized spacial score (nSPS) is 16.5. The van der Waals surface area contributed by atoms with Crippen LogP contribution in [0.25, 0.3) is 27.7 Å². The molecule has 1 aliphatic carbocycles. The van der Waals surface area contributed by atoms with Gasteiger partial charge in [0.05, 0.1) is 24.9 Å². The Hall–Kier alpha value is -3.13. The second-order valence-electron chi connectivity index (χ2n) is 13.6. The number of carbonyl (C=O) groups is 1. The van der Waals surface area contributed by atoms with Crippen LogP contribution in [0.2, 0.25) is 0 Å². The number of likely N-dealkylation sites (N-methyl/N-ethyl adjacent to an activating group) is 1. The molecule has 0 bridgehead atoms. The smallest absolute Gasteiger partial charge is 0.251 e. The van der Waals surface area contributed by atoms with Crippen LogP contribution in [0.4, 0.5) is 0 Å². The number of carbonyl (C=O) groups excluding carboxylic acids is 1. The number of aliphatic hydroxyl groups is 1. The molecule has 0 spiro atoms. The summed E-state index contributed by atoms with van der Waals surface area (Å²) in [5.41, 5.74) is 7.78. The maximum Gasteiger partial charge on any atom is 0.251 e. The Morgan fingerprint density at radius 3 is 2.52 bits per heavy atom. The fourth-order valence-corrected chi connectivity index (χ4v) is 7.03. The SMILES string of the molecule is CNCCCCN(C)C(=O)C1=C(C)c2cc(OC)ccc2-c2c(C3CCCCC3)c3ccc(C(O)OC(C)(C)C)cc3n2C1. The average Bonchev–Trinajstić information content (AvgIpc) is 3.26. The minimum Gasteiger partial charge on any atom is -0.497 e. The van der Waals surface area contributed by atoms with Crippen molar-refractivity contribution in [2.24, 2.45) is 0 Å². The molecule has 0 radical (unpaired) electrons. The Morgan fingerprint density at radius 2 is 1.84 bits per heavy atom. The van der Waals surface area contributed by atoms with E-state index in [-0.39, 0.29) is 5.91 Å². The number of allylic oxidation sites excluding steroid dienone is 1. The molecule has 1 aromatic heterocycles. The highest BCUT2D eigenvalue weighted by Gasteiger charge is 2.33. The van der Waals surface area contributed by atoms with E-state index in [1.165, 1.54) is 35.9 Å². The second-order valence-corrected chi connectivity index (χ2v) is 13.6. The first kappa shape index (κ1) is 32.3. The van der Waals surface area contributed by atoms with E-state index in [4.69, 9.17) is 9.47 Å². The fourth-order valence-electron chi connectivity index (χ4n) is 7.03. The minimum absolute atomic E-state index is 0.0573. The first-order valence-electron chi connectivity index (χ1n) is 16.3. The third kappa shape index (κ3) is 6.60. The molecule has 5 rings (SSSR count). The third-order valence-electron chi connectivity index (χ3n) is 9.32. The number of amides is 1. The van der Waals surface area contributed by atoms with E-state index in [1.54, 1.807) is 7.11 Å². The molecule has 1 aliphatic heterocycles. The van der Waals surface area contributed by atoms with Crippen molar-refractivity contribution < 1.29 is 19.4 Å². The lowest BCUT2D eigenvalue weighted by molar-refractivity contribution is -0.169. The molecule has 238 valence electrons. The number of unbranched alkanes of at least 4 members (excludes halogenated alkanes) is 1. The summed E-state index contributed by atoms with van der Waals surface area (Å²) in [6, 6.07) is 12.5. The van der Waals surface area contributed by atoms with Crippen LogP contribution < -0.4 is 10.1 Å². The van der Waals surface area contributed by atoms with Gasteiger partial charge in [-0.3, -0.25) is 4.79 Å². The molecule has 2 aromatic carbocycles. The number of nitrogens with one attached hydrogen (secondary N) is 1. The van der Waals surface area contributed by atoms with Crippen LogP contribution in [0.1, 0.15) is 102 Å². The molecule has 44 heavy (non-hydrogen) atoms. The summed E-state index contributed by atoms with van der Waals surface area (Å²) < 4.78 is 14.0. The minimum atomic E-state index is -1.05. The van der Waals surface area contributed by atoms with Crippen LogP contribution in [0.3, 0.4) is 0 Å². The number of hydrogen-bond acceptors (Lipinski definition) is 5. The molecule has 0 saturated heterocycles. The number of methoxy groups -OCH3 is 1. The Morgan fingerprint density at radius 1 is 1.09 bits per heavy atom. The van der Waals surface area contributed by atoms with Gasteiger partial charge in [0.1, 0.15) is 5.75 Å². The van der Waals surface area contributed by atoms with Gasteiger partial charge in [0, 0.05) is 41.2 Å². The zero-order chi connectivity index (χ0) is 31.6. The molecule has 1 saturated carbocycles. The predicted molar refractivity (Wildman–Crippen MR) is 179 cm³/mol. The summed E-state index contributed by atoms with van der Waals surface area (Å²) in [7, 11) is 5.57. The molecule has 2 heterocycles. The van der Waals surface area contributed by atoms with Crippen LogP contribution in [0.5, 0.6) is 5.75 Å². The summed E-state index contributed by atoms with van der Waals surface area (Å²) in [6.07, 6.45) is 6.95. The van der Waals surface area contributed by atoms with Crippen LogP contribution in [-0.4, -0.2) is 60.4 Å². The van der Waals surface area contributed by atoms with Gasteiger partial charge in [-0.1, -0.05) is 31.4 Å². The Bertz CT molecular complexity index is 1520. The van der Waals surface area contributed by atoms with Gasteiger partial charge in [-0.05, 0) is 114 Å². The van der Waals surface area contributed by atoms with Gasteiger partial charge < -0.3 is 29.4 Å². The standard InChI is InChI=1S/C37H51N3O4/c1-24-30-22-27(43-7)16-18-28(30)34-33(25-13-9-8-10-14-25)29-17-15-26(36(42)44-37(2,3)4)21-32(29)40(34)23-31(24)35(41)39(6)20-12-11-19-38-5/h15-18,21-22,25,36,38,42H,8-14,19-20,23H2,1-7H3. The maximum absolute atomic E-state index is 14.2. The van der Waals surface area contributed by atoms with Crippen molar-refractivity contribution in [2.75, 3.05) is 34.3 Å². The van der Waals surface area contributed by atoms with Crippen molar-refractivity contribution >= 4 is 22.4 Å². The van der Waals surface area contributed by atoms with Crippen molar-refractivity contribution in [3.05, 3.63) is 58.7 Å². The van der Waals surface area contributed by atoms with Crippen LogP contribution >= 0.6 is 0 Å². The molecule has 3 aromatic rings. The topological polar surface area (TPSA) is 76.0 Å². The Labute approximate surface area is 263 Å². The van der Waals surface area contributed by atoms with Crippen molar-refractivity contribution in [1.82, 2.24) is 14.8 Å². The van der Waals surface area contributed by atoms with Crippen LogP contribution in [0, 0.1) is 0 Å². The maximum atomic E-state index is 14.2. The number of aliphatic hydroxyl groups excluding tert-OH is 1. The number of nitrogens with zero attached hydrogens (tertiary/aromatic N) is 2. The first-order valence-corrected chi connectivity index (χ1v) is 16.3.